The first-order chi connectivity index (χ1) is 7.66. The van der Waals surface area contributed by atoms with Crippen molar-refractivity contribution in [2.45, 2.75) is 44.8 Å². The molecule has 3 heteroatoms. The van der Waals surface area contributed by atoms with Gasteiger partial charge in [0.25, 0.3) is 0 Å². The van der Waals surface area contributed by atoms with Crippen LogP contribution in [0.5, 0.6) is 0 Å². The van der Waals surface area contributed by atoms with Gasteiger partial charge in [-0.25, -0.2) is 0 Å². The Morgan fingerprint density at radius 2 is 2.12 bits per heavy atom. The second kappa shape index (κ2) is 3.51. The molecule has 3 rings (SSSR count). The van der Waals surface area contributed by atoms with Crippen molar-refractivity contribution in [3.8, 4) is 0 Å². The molecular weight excluding hydrogens is 197 g/mol. The third-order valence-electron chi connectivity index (χ3n) is 4.16. The molecule has 2 aliphatic carbocycles. The highest BCUT2D eigenvalue weighted by Gasteiger charge is 2.30. The fraction of sp³-hybridized carbons (Fsp3) is 0.615. The number of ketones is 1. The third kappa shape index (κ3) is 1.37. The summed E-state index contributed by atoms with van der Waals surface area (Å²) in [6.45, 7) is 2.32. The summed E-state index contributed by atoms with van der Waals surface area (Å²) in [4.78, 5) is 15.3. The minimum absolute atomic E-state index is 0.329. The molecule has 16 heavy (non-hydrogen) atoms. The Kier molecular flexibility index (Phi) is 2.23. The zero-order valence-corrected chi connectivity index (χ0v) is 10.1. The third-order valence-corrected chi connectivity index (χ3v) is 4.16. The Bertz CT molecular complexity index is 449. The van der Waals surface area contributed by atoms with Crippen LogP contribution in [0.25, 0.3) is 0 Å². The predicted molar refractivity (Wildman–Crippen MR) is 66.8 cm³/mol. The average Bonchev–Trinajstić information content (AvgIpc) is 2.59. The number of hydrogen-bond donors (Lipinski definition) is 1. The maximum Gasteiger partial charge on any atom is 0.179 e. The van der Waals surface area contributed by atoms with Gasteiger partial charge in [-0.3, -0.25) is 4.79 Å². The first-order valence-electron chi connectivity index (χ1n) is 6.43. The van der Waals surface area contributed by atoms with Crippen LogP contribution in [0.4, 0.5) is 0 Å². The van der Waals surface area contributed by atoms with E-state index in [0.29, 0.717) is 11.6 Å². The maximum atomic E-state index is 11.9. The van der Waals surface area contributed by atoms with Crippen LogP contribution in [0.3, 0.4) is 0 Å². The topological polar surface area (TPSA) is 32.9 Å². The number of carbonyl (C=O) groups excluding carboxylic acids is 1. The largest absolute Gasteiger partial charge is 0.356 e. The van der Waals surface area contributed by atoms with Crippen molar-refractivity contribution in [2.24, 2.45) is 5.92 Å². The van der Waals surface area contributed by atoms with Gasteiger partial charge in [0.15, 0.2) is 5.78 Å². The predicted octanol–water partition coefficient (Wildman–Crippen LogP) is 1.79. The van der Waals surface area contributed by atoms with E-state index in [1.807, 2.05) is 0 Å². The summed E-state index contributed by atoms with van der Waals surface area (Å²) in [6.07, 6.45) is 5.29. The fourth-order valence-electron chi connectivity index (χ4n) is 3.47. The van der Waals surface area contributed by atoms with Crippen molar-refractivity contribution < 1.29 is 4.79 Å². The SMILES string of the molecule is BC1CC(C)Cc2c1[nH]c1c2CCCC1=O. The fourth-order valence-corrected chi connectivity index (χ4v) is 3.47. The molecule has 2 nitrogen and oxygen atoms in total. The summed E-state index contributed by atoms with van der Waals surface area (Å²) in [5.74, 6) is 1.69. The van der Waals surface area contributed by atoms with E-state index >= 15 is 0 Å². The van der Waals surface area contributed by atoms with Crippen molar-refractivity contribution in [2.75, 3.05) is 0 Å². The molecule has 1 aromatic heterocycles. The number of fused-ring (bicyclic) bond motifs is 3. The van der Waals surface area contributed by atoms with Crippen molar-refractivity contribution in [1.82, 2.24) is 4.98 Å². The van der Waals surface area contributed by atoms with Crippen molar-refractivity contribution in [3.05, 3.63) is 22.5 Å². The van der Waals surface area contributed by atoms with E-state index in [9.17, 15) is 4.79 Å². The lowest BCUT2D eigenvalue weighted by Gasteiger charge is -2.25. The molecule has 2 aliphatic rings. The molecule has 0 saturated heterocycles. The first-order valence-corrected chi connectivity index (χ1v) is 6.43. The van der Waals surface area contributed by atoms with Gasteiger partial charge in [-0.05, 0) is 48.5 Å². The first kappa shape index (κ1) is 10.2. The van der Waals surface area contributed by atoms with E-state index in [1.54, 1.807) is 0 Å². The van der Waals surface area contributed by atoms with Gasteiger partial charge < -0.3 is 4.98 Å². The second-order valence-corrected chi connectivity index (χ2v) is 5.59. The van der Waals surface area contributed by atoms with Gasteiger partial charge in [-0.15, -0.1) is 0 Å². The molecule has 0 aromatic carbocycles. The van der Waals surface area contributed by atoms with Gasteiger partial charge in [0.2, 0.25) is 0 Å². The van der Waals surface area contributed by atoms with E-state index in [0.717, 1.165) is 30.9 Å². The molecule has 0 aliphatic heterocycles. The van der Waals surface area contributed by atoms with Crippen LogP contribution in [0.1, 0.15) is 59.3 Å². The Balaban J connectivity index is 2.14. The van der Waals surface area contributed by atoms with Crippen LogP contribution in [-0.2, 0) is 12.8 Å². The smallest absolute Gasteiger partial charge is 0.179 e. The molecule has 84 valence electrons. The van der Waals surface area contributed by atoms with Crippen LogP contribution < -0.4 is 0 Å². The average molecular weight is 215 g/mol. The number of Topliss-reactive ketones (excluding diaryl/α,β-unsaturated/α-hetero) is 1. The van der Waals surface area contributed by atoms with Crippen LogP contribution in [0.15, 0.2) is 0 Å². The molecule has 2 unspecified atom stereocenters. The minimum atomic E-state index is 0.329. The molecule has 0 amide bonds. The van der Waals surface area contributed by atoms with Gasteiger partial charge in [-0.2, -0.15) is 0 Å². The maximum absolute atomic E-state index is 11.9. The zero-order valence-electron chi connectivity index (χ0n) is 10.1. The van der Waals surface area contributed by atoms with Crippen molar-refractivity contribution in [3.63, 3.8) is 0 Å². The molecule has 2 atom stereocenters. The summed E-state index contributed by atoms with van der Waals surface area (Å²) in [5, 5.41) is 0. The highest BCUT2D eigenvalue weighted by molar-refractivity contribution is 6.12. The quantitative estimate of drug-likeness (QED) is 0.657. The summed E-state index contributed by atoms with van der Waals surface area (Å²) >= 11 is 0. The lowest BCUT2D eigenvalue weighted by Crippen LogP contribution is -2.17. The number of carbonyl (C=O) groups is 1. The van der Waals surface area contributed by atoms with Crippen LogP contribution in [0.2, 0.25) is 0 Å². The standard InChI is InChI=1S/C13H18BNO/c1-7-5-9-8-3-2-4-11(16)13(8)15-12(9)10(14)6-7/h7,10,15H,2-6,14H2,1H3. The summed E-state index contributed by atoms with van der Waals surface area (Å²) in [5.41, 5.74) is 5.13. The zero-order chi connectivity index (χ0) is 11.3. The highest BCUT2D eigenvalue weighted by Crippen LogP contribution is 2.38. The van der Waals surface area contributed by atoms with E-state index in [4.69, 9.17) is 0 Å². The van der Waals surface area contributed by atoms with Crippen LogP contribution in [0, 0.1) is 5.92 Å². The number of rotatable bonds is 0. The Labute approximate surface area is 97.2 Å². The van der Waals surface area contributed by atoms with Gasteiger partial charge in [0.05, 0.1) is 5.69 Å². The molecular formula is C13H18BNO. The number of nitrogens with one attached hydrogen (secondary N) is 1. The molecule has 1 N–H and O–H groups in total. The Hall–Kier alpha value is -0.985. The Morgan fingerprint density at radius 1 is 1.31 bits per heavy atom. The van der Waals surface area contributed by atoms with Gasteiger partial charge in [-0.1, -0.05) is 6.92 Å². The lowest BCUT2D eigenvalue weighted by atomic mass is 9.70. The van der Waals surface area contributed by atoms with Crippen LogP contribution in [-0.4, -0.2) is 18.6 Å². The minimum Gasteiger partial charge on any atom is -0.356 e. The van der Waals surface area contributed by atoms with Gasteiger partial charge >= 0.3 is 0 Å². The van der Waals surface area contributed by atoms with Gasteiger partial charge in [0.1, 0.15) is 7.85 Å². The lowest BCUT2D eigenvalue weighted by molar-refractivity contribution is 0.0968. The Morgan fingerprint density at radius 3 is 2.94 bits per heavy atom. The summed E-state index contributed by atoms with van der Waals surface area (Å²) in [7, 11) is 2.28. The molecule has 0 spiro atoms. The van der Waals surface area contributed by atoms with Gasteiger partial charge in [0, 0.05) is 12.1 Å². The molecule has 0 saturated carbocycles. The second-order valence-electron chi connectivity index (χ2n) is 5.59. The highest BCUT2D eigenvalue weighted by atomic mass is 16.1. The van der Waals surface area contributed by atoms with Crippen molar-refractivity contribution in [1.29, 1.82) is 0 Å². The summed E-state index contributed by atoms with van der Waals surface area (Å²) < 4.78 is 0. The summed E-state index contributed by atoms with van der Waals surface area (Å²) in [6, 6.07) is 0. The van der Waals surface area contributed by atoms with Crippen LogP contribution >= 0.6 is 0 Å². The molecule has 1 aromatic rings. The normalized spacial score (nSPS) is 28.7. The molecule has 0 fully saturated rings. The van der Waals surface area contributed by atoms with Crippen molar-refractivity contribution >= 4 is 13.6 Å². The van der Waals surface area contributed by atoms with E-state index in [1.165, 1.54) is 29.7 Å². The molecule has 0 bridgehead atoms. The monoisotopic (exact) mass is 215 g/mol. The van der Waals surface area contributed by atoms with E-state index < -0.39 is 0 Å². The number of aromatic amines is 1. The number of aromatic nitrogens is 1. The number of hydrogen-bond acceptors (Lipinski definition) is 1. The number of H-pyrrole nitrogens is 1. The molecule has 0 radical (unpaired) electrons. The van der Waals surface area contributed by atoms with E-state index in [2.05, 4.69) is 19.8 Å². The molecule has 1 heterocycles. The van der Waals surface area contributed by atoms with E-state index in [-0.39, 0.29) is 0 Å².